The van der Waals surface area contributed by atoms with Crippen LogP contribution in [-0.4, -0.2) is 28.5 Å². The molecule has 2 fully saturated rings. The van der Waals surface area contributed by atoms with Gasteiger partial charge in [-0.15, -0.1) is 0 Å². The van der Waals surface area contributed by atoms with Crippen molar-refractivity contribution in [2.45, 2.75) is 64.6 Å². The van der Waals surface area contributed by atoms with Crippen molar-refractivity contribution in [3.8, 4) is 0 Å². The van der Waals surface area contributed by atoms with Gasteiger partial charge in [0.25, 0.3) is 0 Å². The molecule has 1 aliphatic heterocycles. The zero-order valence-electron chi connectivity index (χ0n) is 13.1. The van der Waals surface area contributed by atoms with E-state index < -0.39 is 18.3 Å². The Labute approximate surface area is 124 Å². The maximum Gasteiger partial charge on any atom is 0.525 e. The molecule has 0 bridgehead atoms. The zero-order chi connectivity index (χ0) is 15.4. The fourth-order valence-electron chi connectivity index (χ4n) is 2.51. The third-order valence-electron chi connectivity index (χ3n) is 4.69. The average Bonchev–Trinajstić information content (AvgIpc) is 2.79. The van der Waals surface area contributed by atoms with Crippen LogP contribution in [0.2, 0.25) is 0 Å². The van der Waals surface area contributed by atoms with Crippen LogP contribution in [-0.2, 0) is 9.31 Å². The molecule has 3 rings (SSSR count). The Kier molecular flexibility index (Phi) is 3.26. The van der Waals surface area contributed by atoms with Crippen LogP contribution >= 0.6 is 0 Å². The normalized spacial score (nSPS) is 26.9. The first-order valence-electron chi connectivity index (χ1n) is 7.23. The number of aryl methyl sites for hydroxylation is 1. The molecule has 2 aliphatic rings. The molecule has 2 heterocycles. The molecule has 5 nitrogen and oxygen atoms in total. The zero-order valence-corrected chi connectivity index (χ0v) is 13.1. The van der Waals surface area contributed by atoms with Gasteiger partial charge in [0, 0.05) is 12.8 Å². The summed E-state index contributed by atoms with van der Waals surface area (Å²) >= 11 is 0. The molecular formula is C14H20BFN2O3. The van der Waals surface area contributed by atoms with Crippen LogP contribution in [0.5, 0.6) is 0 Å². The highest BCUT2D eigenvalue weighted by atomic mass is 19.1. The number of hydrogen-bond donors (Lipinski definition) is 0. The fraction of sp³-hybridized carbons (Fsp3) is 0.714. The number of hydrogen-bond acceptors (Lipinski definition) is 5. The molecule has 0 unspecified atom stereocenters. The van der Waals surface area contributed by atoms with Crippen molar-refractivity contribution in [2.24, 2.45) is 0 Å². The van der Waals surface area contributed by atoms with Crippen molar-refractivity contribution < 1.29 is 18.2 Å². The number of rotatable bonds is 2. The minimum Gasteiger partial charge on any atom is -0.398 e. The summed E-state index contributed by atoms with van der Waals surface area (Å²) < 4.78 is 30.9. The van der Waals surface area contributed by atoms with Crippen molar-refractivity contribution in [1.82, 2.24) is 10.1 Å². The Bertz CT molecular complexity index is 573. The van der Waals surface area contributed by atoms with E-state index in [0.29, 0.717) is 24.6 Å². The van der Waals surface area contributed by atoms with E-state index in [1.54, 1.807) is 6.92 Å². The molecule has 1 aliphatic carbocycles. The van der Waals surface area contributed by atoms with Gasteiger partial charge in [-0.3, -0.25) is 0 Å². The van der Waals surface area contributed by atoms with Crippen LogP contribution in [0, 0.1) is 6.92 Å². The Morgan fingerprint density at radius 1 is 1.19 bits per heavy atom. The van der Waals surface area contributed by atoms with Crippen LogP contribution in [0.4, 0.5) is 4.39 Å². The largest absolute Gasteiger partial charge is 0.525 e. The van der Waals surface area contributed by atoms with E-state index in [-0.39, 0.29) is 11.6 Å². The lowest BCUT2D eigenvalue weighted by Gasteiger charge is -2.32. The first kappa shape index (κ1) is 14.7. The highest BCUT2D eigenvalue weighted by molar-refractivity contribution is 6.53. The quantitative estimate of drug-likeness (QED) is 0.784. The van der Waals surface area contributed by atoms with Crippen molar-refractivity contribution in [2.75, 3.05) is 0 Å². The van der Waals surface area contributed by atoms with Crippen LogP contribution < -0.4 is 0 Å². The molecule has 7 heteroatoms. The molecular weight excluding hydrogens is 274 g/mol. The highest BCUT2D eigenvalue weighted by Crippen LogP contribution is 2.45. The number of aromatic nitrogens is 2. The first-order valence-corrected chi connectivity index (χ1v) is 7.23. The second-order valence-electron chi connectivity index (χ2n) is 6.82. The Hall–Kier alpha value is -1.21. The monoisotopic (exact) mass is 294 g/mol. The lowest BCUT2D eigenvalue weighted by atomic mass is 9.72. The third-order valence-corrected chi connectivity index (χ3v) is 4.69. The van der Waals surface area contributed by atoms with Crippen molar-refractivity contribution in [3.05, 3.63) is 23.0 Å². The number of allylic oxidation sites excluding steroid dienone is 1. The summed E-state index contributed by atoms with van der Waals surface area (Å²) in [5, 5.41) is 3.88. The van der Waals surface area contributed by atoms with Gasteiger partial charge in [-0.25, -0.2) is 4.39 Å². The minimum atomic E-state index is -0.905. The number of halogens is 1. The molecule has 1 saturated heterocycles. The predicted molar refractivity (Wildman–Crippen MR) is 75.2 cm³/mol. The molecule has 1 aromatic heterocycles. The molecule has 0 atom stereocenters. The summed E-state index contributed by atoms with van der Waals surface area (Å²) in [5.74, 6) is 1.32. The van der Waals surface area contributed by atoms with Gasteiger partial charge in [0.2, 0.25) is 5.89 Å². The highest BCUT2D eigenvalue weighted by Gasteiger charge is 2.54. The molecule has 114 valence electrons. The van der Waals surface area contributed by atoms with Crippen molar-refractivity contribution in [3.63, 3.8) is 0 Å². The molecule has 0 N–H and O–H groups in total. The van der Waals surface area contributed by atoms with E-state index in [4.69, 9.17) is 13.8 Å². The summed E-state index contributed by atoms with van der Waals surface area (Å²) in [6.45, 7) is 9.40. The maximum atomic E-state index is 14.5. The number of nitrogens with zero attached hydrogens (tertiary/aromatic N) is 2. The minimum absolute atomic E-state index is 0.130. The Morgan fingerprint density at radius 2 is 1.76 bits per heavy atom. The summed E-state index contributed by atoms with van der Waals surface area (Å²) in [6, 6.07) is 0. The van der Waals surface area contributed by atoms with Gasteiger partial charge in [0.05, 0.1) is 11.2 Å². The van der Waals surface area contributed by atoms with Crippen LogP contribution in [0.1, 0.15) is 58.2 Å². The fourth-order valence-corrected chi connectivity index (χ4v) is 2.51. The van der Waals surface area contributed by atoms with Crippen LogP contribution in [0.15, 0.2) is 15.8 Å². The van der Waals surface area contributed by atoms with Gasteiger partial charge in [-0.1, -0.05) is 5.16 Å². The third kappa shape index (κ3) is 2.42. The van der Waals surface area contributed by atoms with E-state index in [9.17, 15) is 4.39 Å². The molecule has 0 amide bonds. The van der Waals surface area contributed by atoms with Gasteiger partial charge in [0.1, 0.15) is 5.73 Å². The summed E-state index contributed by atoms with van der Waals surface area (Å²) in [6.07, 6.45) is 1.18. The Balaban J connectivity index is 1.69. The second kappa shape index (κ2) is 4.65. The summed E-state index contributed by atoms with van der Waals surface area (Å²) in [4.78, 5) is 4.18. The molecule has 0 aromatic carbocycles. The molecule has 21 heavy (non-hydrogen) atoms. The topological polar surface area (TPSA) is 57.4 Å². The van der Waals surface area contributed by atoms with Crippen LogP contribution in [0.25, 0.3) is 0 Å². The van der Waals surface area contributed by atoms with Gasteiger partial charge in [-0.2, -0.15) is 4.98 Å². The summed E-state index contributed by atoms with van der Waals surface area (Å²) in [5.41, 5.74) is -0.626. The average molecular weight is 294 g/mol. The van der Waals surface area contributed by atoms with Gasteiger partial charge >= 0.3 is 7.12 Å². The van der Waals surface area contributed by atoms with E-state index in [1.165, 1.54) is 0 Å². The van der Waals surface area contributed by atoms with Crippen molar-refractivity contribution >= 4 is 7.12 Å². The predicted octanol–water partition coefficient (Wildman–Crippen LogP) is 3.11. The van der Waals surface area contributed by atoms with E-state index >= 15 is 0 Å². The maximum absolute atomic E-state index is 14.5. The first-order chi connectivity index (χ1) is 9.69. The Morgan fingerprint density at radius 3 is 2.24 bits per heavy atom. The lowest BCUT2D eigenvalue weighted by molar-refractivity contribution is 0.00578. The van der Waals surface area contributed by atoms with E-state index in [0.717, 1.165) is 5.57 Å². The lowest BCUT2D eigenvalue weighted by Crippen LogP contribution is -2.41. The molecule has 1 aromatic rings. The molecule has 0 radical (unpaired) electrons. The van der Waals surface area contributed by atoms with Gasteiger partial charge in [-0.05, 0) is 46.1 Å². The van der Waals surface area contributed by atoms with Gasteiger partial charge < -0.3 is 13.8 Å². The molecule has 0 spiro atoms. The standard InChI is InChI=1S/C14H20BFN2O3/c1-8-17-12(18-19-8)10-6-9(7-10)11(16)15-20-13(2,3)14(4,5)21-15/h10H,6-7H2,1-5H3. The van der Waals surface area contributed by atoms with E-state index in [1.807, 2.05) is 27.7 Å². The molecule has 1 saturated carbocycles. The van der Waals surface area contributed by atoms with Crippen molar-refractivity contribution in [1.29, 1.82) is 0 Å². The SMILES string of the molecule is Cc1nc(C2CC(=C(F)B3OC(C)(C)C(C)(C)O3)C2)no1. The van der Waals surface area contributed by atoms with Gasteiger partial charge in [0.15, 0.2) is 5.82 Å². The van der Waals surface area contributed by atoms with Crippen LogP contribution in [0.3, 0.4) is 0 Å². The summed E-state index contributed by atoms with van der Waals surface area (Å²) in [7, 11) is -0.905. The smallest absolute Gasteiger partial charge is 0.398 e. The second-order valence-corrected chi connectivity index (χ2v) is 6.82. The van der Waals surface area contributed by atoms with E-state index in [2.05, 4.69) is 10.1 Å².